The summed E-state index contributed by atoms with van der Waals surface area (Å²) in [5.74, 6) is 0.310. The fourth-order valence-corrected chi connectivity index (χ4v) is 3.04. The molecule has 1 saturated heterocycles. The summed E-state index contributed by atoms with van der Waals surface area (Å²) in [6.45, 7) is 2.81. The van der Waals surface area contributed by atoms with Crippen LogP contribution < -0.4 is 5.32 Å². The summed E-state index contributed by atoms with van der Waals surface area (Å²) >= 11 is 1.61. The average Bonchev–Trinajstić information content (AvgIpc) is 2.82. The van der Waals surface area contributed by atoms with Gasteiger partial charge >= 0.3 is 0 Å². The van der Waals surface area contributed by atoms with Crippen LogP contribution in [0, 0.1) is 11.3 Å². The minimum Gasteiger partial charge on any atom is -0.377 e. The Morgan fingerprint density at radius 2 is 2.37 bits per heavy atom. The fraction of sp³-hybridized carbons (Fsp3) is 0.429. The van der Waals surface area contributed by atoms with Gasteiger partial charge in [-0.1, -0.05) is 12.1 Å². The monoisotopic (exact) mass is 276 g/mol. The number of nitrogens with zero attached hydrogens (tertiary/aromatic N) is 1. The topological polar surface area (TPSA) is 62.1 Å². The second-order valence-corrected chi connectivity index (χ2v) is 5.65. The van der Waals surface area contributed by atoms with E-state index in [0.29, 0.717) is 22.3 Å². The molecule has 2 atom stereocenters. The lowest BCUT2D eigenvalue weighted by Crippen LogP contribution is -2.20. The van der Waals surface area contributed by atoms with E-state index in [1.54, 1.807) is 36.0 Å². The summed E-state index contributed by atoms with van der Waals surface area (Å²) in [5.41, 5.74) is 1.06. The molecule has 1 aliphatic rings. The molecule has 1 aromatic carbocycles. The maximum atomic E-state index is 11.9. The maximum Gasteiger partial charge on any atom is 0.234 e. The number of carbonyl (C=O) groups excluding carboxylic acids is 1. The van der Waals surface area contributed by atoms with Crippen LogP contribution in [0.4, 0.5) is 5.69 Å². The Kier molecular flexibility index (Phi) is 4.83. The highest BCUT2D eigenvalue weighted by Crippen LogP contribution is 2.26. The maximum absolute atomic E-state index is 11.9. The van der Waals surface area contributed by atoms with Crippen molar-refractivity contribution >= 4 is 23.4 Å². The van der Waals surface area contributed by atoms with Crippen LogP contribution in [0.3, 0.4) is 0 Å². The van der Waals surface area contributed by atoms with Crippen LogP contribution in [0.1, 0.15) is 18.9 Å². The van der Waals surface area contributed by atoms with Crippen molar-refractivity contribution < 1.29 is 9.53 Å². The van der Waals surface area contributed by atoms with Gasteiger partial charge in [0.05, 0.1) is 23.1 Å². The molecule has 1 N–H and O–H groups in total. The summed E-state index contributed by atoms with van der Waals surface area (Å²) in [6, 6.07) is 9.07. The lowest BCUT2D eigenvalue weighted by molar-refractivity contribution is -0.113. The largest absolute Gasteiger partial charge is 0.377 e. The molecule has 0 radical (unpaired) electrons. The smallest absolute Gasteiger partial charge is 0.234 e. The van der Waals surface area contributed by atoms with Gasteiger partial charge < -0.3 is 10.1 Å². The standard InChI is InChI=1S/C14H16N2O2S/c1-10-13(6-7-18-10)19-9-14(17)16-12-5-3-2-4-11(12)8-15/h2-5,10,13H,6-7,9H2,1H3,(H,16,17). The molecule has 1 fully saturated rings. The summed E-state index contributed by atoms with van der Waals surface area (Å²) < 4.78 is 5.46. The van der Waals surface area contributed by atoms with Gasteiger partial charge in [0.1, 0.15) is 6.07 Å². The van der Waals surface area contributed by atoms with Crippen molar-refractivity contribution in [3.8, 4) is 6.07 Å². The molecule has 0 aliphatic carbocycles. The van der Waals surface area contributed by atoms with Crippen molar-refractivity contribution in [1.29, 1.82) is 5.26 Å². The lowest BCUT2D eigenvalue weighted by atomic mass is 10.2. The molecule has 2 rings (SSSR count). The zero-order valence-corrected chi connectivity index (χ0v) is 11.6. The van der Waals surface area contributed by atoms with Crippen LogP contribution in [-0.4, -0.2) is 29.6 Å². The van der Waals surface area contributed by atoms with E-state index in [9.17, 15) is 4.79 Å². The van der Waals surface area contributed by atoms with Crippen LogP contribution >= 0.6 is 11.8 Å². The average molecular weight is 276 g/mol. The third-order valence-electron chi connectivity index (χ3n) is 3.06. The first-order valence-corrected chi connectivity index (χ1v) is 7.28. The minimum absolute atomic E-state index is 0.0770. The van der Waals surface area contributed by atoms with Crippen molar-refractivity contribution in [3.63, 3.8) is 0 Å². The summed E-state index contributed by atoms with van der Waals surface area (Å²) in [7, 11) is 0. The van der Waals surface area contributed by atoms with Crippen LogP contribution in [0.25, 0.3) is 0 Å². The van der Waals surface area contributed by atoms with Gasteiger partial charge in [-0.15, -0.1) is 11.8 Å². The third-order valence-corrected chi connectivity index (χ3v) is 4.53. The molecule has 1 amide bonds. The van der Waals surface area contributed by atoms with Gasteiger partial charge in [0.2, 0.25) is 5.91 Å². The van der Waals surface area contributed by atoms with E-state index in [4.69, 9.17) is 10.00 Å². The van der Waals surface area contributed by atoms with E-state index in [0.717, 1.165) is 13.0 Å². The second-order valence-electron chi connectivity index (χ2n) is 4.42. The van der Waals surface area contributed by atoms with Gasteiger partial charge in [-0.2, -0.15) is 5.26 Å². The number of thioether (sulfide) groups is 1. The first-order valence-electron chi connectivity index (χ1n) is 6.23. The quantitative estimate of drug-likeness (QED) is 0.917. The Morgan fingerprint density at radius 3 is 3.05 bits per heavy atom. The van der Waals surface area contributed by atoms with E-state index in [1.165, 1.54) is 0 Å². The number of hydrogen-bond acceptors (Lipinski definition) is 4. The zero-order valence-electron chi connectivity index (χ0n) is 10.8. The van der Waals surface area contributed by atoms with Gasteiger partial charge in [0, 0.05) is 11.9 Å². The van der Waals surface area contributed by atoms with Gasteiger partial charge in [-0.25, -0.2) is 0 Å². The SMILES string of the molecule is CC1OCCC1SCC(=O)Nc1ccccc1C#N. The molecular formula is C14H16N2O2S. The van der Waals surface area contributed by atoms with E-state index in [-0.39, 0.29) is 12.0 Å². The predicted octanol–water partition coefficient (Wildman–Crippen LogP) is 2.41. The lowest BCUT2D eigenvalue weighted by Gasteiger charge is -2.13. The molecule has 5 heteroatoms. The van der Waals surface area contributed by atoms with Crippen molar-refractivity contribution in [2.45, 2.75) is 24.7 Å². The normalized spacial score (nSPS) is 21.9. The number of anilines is 1. The van der Waals surface area contributed by atoms with Crippen LogP contribution in [-0.2, 0) is 9.53 Å². The molecule has 0 aromatic heterocycles. The van der Waals surface area contributed by atoms with Crippen molar-refractivity contribution in [3.05, 3.63) is 29.8 Å². The minimum atomic E-state index is -0.0770. The van der Waals surface area contributed by atoms with Crippen molar-refractivity contribution in [1.82, 2.24) is 0 Å². The number of rotatable bonds is 4. The molecular weight excluding hydrogens is 260 g/mol. The molecule has 1 heterocycles. The predicted molar refractivity (Wildman–Crippen MR) is 76.1 cm³/mol. The van der Waals surface area contributed by atoms with E-state index in [2.05, 4.69) is 11.4 Å². The number of carbonyl (C=O) groups is 1. The molecule has 2 unspecified atom stereocenters. The molecule has 4 nitrogen and oxygen atoms in total. The molecule has 1 aromatic rings. The van der Waals surface area contributed by atoms with Crippen LogP contribution in [0.15, 0.2) is 24.3 Å². The molecule has 19 heavy (non-hydrogen) atoms. The Hall–Kier alpha value is -1.51. The number of benzene rings is 1. The summed E-state index contributed by atoms with van der Waals surface area (Å²) in [5, 5.41) is 12.1. The van der Waals surface area contributed by atoms with Crippen LogP contribution in [0.2, 0.25) is 0 Å². The highest BCUT2D eigenvalue weighted by molar-refractivity contribution is 8.00. The van der Waals surface area contributed by atoms with Crippen molar-refractivity contribution in [2.75, 3.05) is 17.7 Å². The van der Waals surface area contributed by atoms with Gasteiger partial charge in [0.15, 0.2) is 0 Å². The van der Waals surface area contributed by atoms with E-state index in [1.807, 2.05) is 6.92 Å². The van der Waals surface area contributed by atoms with Crippen LogP contribution in [0.5, 0.6) is 0 Å². The zero-order chi connectivity index (χ0) is 13.7. The van der Waals surface area contributed by atoms with Gasteiger partial charge in [-0.3, -0.25) is 4.79 Å². The summed E-state index contributed by atoms with van der Waals surface area (Å²) in [6.07, 6.45) is 1.21. The first kappa shape index (κ1) is 13.9. The Labute approximate surface area is 117 Å². The molecule has 100 valence electrons. The number of nitriles is 1. The first-order chi connectivity index (χ1) is 9.20. The Balaban J connectivity index is 1.86. The molecule has 1 aliphatic heterocycles. The number of hydrogen-bond donors (Lipinski definition) is 1. The van der Waals surface area contributed by atoms with Crippen molar-refractivity contribution in [2.24, 2.45) is 0 Å². The highest BCUT2D eigenvalue weighted by Gasteiger charge is 2.25. The third kappa shape index (κ3) is 3.72. The number of ether oxygens (including phenoxy) is 1. The number of para-hydroxylation sites is 1. The highest BCUT2D eigenvalue weighted by atomic mass is 32.2. The Morgan fingerprint density at radius 1 is 1.58 bits per heavy atom. The molecule has 0 spiro atoms. The number of amides is 1. The van der Waals surface area contributed by atoms with Gasteiger partial charge in [0.25, 0.3) is 0 Å². The van der Waals surface area contributed by atoms with E-state index < -0.39 is 0 Å². The Bertz CT molecular complexity index is 498. The fourth-order valence-electron chi connectivity index (χ4n) is 1.99. The number of nitrogens with one attached hydrogen (secondary N) is 1. The molecule has 0 bridgehead atoms. The van der Waals surface area contributed by atoms with Gasteiger partial charge in [-0.05, 0) is 25.5 Å². The summed E-state index contributed by atoms with van der Waals surface area (Å²) in [4.78, 5) is 11.9. The molecule has 0 saturated carbocycles. The second kappa shape index (κ2) is 6.60. The van der Waals surface area contributed by atoms with E-state index >= 15 is 0 Å².